The average molecular weight is 435 g/mol. The number of hydrogen-bond donors (Lipinski definition) is 2. The van der Waals surface area contributed by atoms with Crippen LogP contribution >= 0.6 is 0 Å². The van der Waals surface area contributed by atoms with Gasteiger partial charge >= 0.3 is 0 Å². The summed E-state index contributed by atoms with van der Waals surface area (Å²) in [4.78, 5) is 0.252. The second-order valence-electron chi connectivity index (χ2n) is 7.68. The number of benzene rings is 4. The highest BCUT2D eigenvalue weighted by Crippen LogP contribution is 2.26. The van der Waals surface area contributed by atoms with E-state index >= 15 is 0 Å². The van der Waals surface area contributed by atoms with Gasteiger partial charge in [-0.3, -0.25) is 0 Å². The lowest BCUT2D eigenvalue weighted by atomic mass is 10.1. The summed E-state index contributed by atoms with van der Waals surface area (Å²) < 4.78 is 34.7. The Morgan fingerprint density at radius 2 is 1.61 bits per heavy atom. The molecule has 4 aromatic carbocycles. The molecule has 0 amide bonds. The van der Waals surface area contributed by atoms with Gasteiger partial charge in [-0.2, -0.15) is 0 Å². The summed E-state index contributed by atoms with van der Waals surface area (Å²) in [5.74, 6) is 0. The Hall–Kier alpha value is -2.77. The molecule has 3 N–H and O–H groups in total. The zero-order chi connectivity index (χ0) is 21.8. The lowest BCUT2D eigenvalue weighted by molar-refractivity contribution is 0.106. The molecule has 0 aromatic heterocycles. The highest BCUT2D eigenvalue weighted by molar-refractivity contribution is 7.89. The minimum Gasteiger partial charge on any atom is -0.375 e. The van der Waals surface area contributed by atoms with E-state index in [9.17, 15) is 8.42 Å². The number of fused-ring (bicyclic) bond motifs is 2. The van der Waals surface area contributed by atoms with Gasteiger partial charge in [0.05, 0.1) is 24.2 Å². The molecule has 0 heterocycles. The Balaban J connectivity index is 1.45. The minimum atomic E-state index is -3.75. The van der Waals surface area contributed by atoms with Gasteiger partial charge in [-0.1, -0.05) is 66.7 Å². The summed E-state index contributed by atoms with van der Waals surface area (Å²) in [6, 6.07) is 24.7. The predicted molar refractivity (Wildman–Crippen MR) is 125 cm³/mol. The number of aryl methyl sites for hydroxylation is 1. The van der Waals surface area contributed by atoms with Gasteiger partial charge < -0.3 is 10.5 Å². The van der Waals surface area contributed by atoms with Crippen LogP contribution in [0, 0.1) is 6.92 Å². The van der Waals surface area contributed by atoms with Crippen molar-refractivity contribution < 1.29 is 13.2 Å². The molecule has 0 aliphatic rings. The molecule has 31 heavy (non-hydrogen) atoms. The monoisotopic (exact) mass is 434 g/mol. The van der Waals surface area contributed by atoms with Crippen molar-refractivity contribution in [3.8, 4) is 0 Å². The van der Waals surface area contributed by atoms with E-state index in [1.54, 1.807) is 6.07 Å². The Labute approximate surface area is 182 Å². The summed E-state index contributed by atoms with van der Waals surface area (Å²) in [7, 11) is -3.75. The molecule has 0 saturated heterocycles. The molecule has 4 aromatic rings. The molecule has 1 atom stereocenters. The fourth-order valence-corrected chi connectivity index (χ4v) is 5.18. The van der Waals surface area contributed by atoms with Crippen LogP contribution in [0.5, 0.6) is 0 Å². The average Bonchev–Trinajstić information content (AvgIpc) is 2.78. The molecule has 0 unspecified atom stereocenters. The van der Waals surface area contributed by atoms with Crippen molar-refractivity contribution in [3.05, 3.63) is 90.0 Å². The summed E-state index contributed by atoms with van der Waals surface area (Å²) >= 11 is 0. The summed E-state index contributed by atoms with van der Waals surface area (Å²) in [6.07, 6.45) is 0. The van der Waals surface area contributed by atoms with E-state index in [4.69, 9.17) is 10.5 Å². The lowest BCUT2D eigenvalue weighted by Crippen LogP contribution is -2.43. The van der Waals surface area contributed by atoms with Crippen molar-refractivity contribution in [2.75, 3.05) is 13.2 Å². The largest absolute Gasteiger partial charge is 0.375 e. The molecule has 0 saturated carbocycles. The van der Waals surface area contributed by atoms with Crippen molar-refractivity contribution in [3.63, 3.8) is 0 Å². The van der Waals surface area contributed by atoms with E-state index < -0.39 is 16.1 Å². The maximum atomic E-state index is 13.1. The van der Waals surface area contributed by atoms with Gasteiger partial charge in [0, 0.05) is 11.9 Å². The zero-order valence-corrected chi connectivity index (χ0v) is 18.2. The maximum Gasteiger partial charge on any atom is 0.241 e. The van der Waals surface area contributed by atoms with Crippen LogP contribution in [-0.2, 0) is 21.4 Å². The molecule has 0 bridgehead atoms. The molecule has 0 fully saturated rings. The van der Waals surface area contributed by atoms with Gasteiger partial charge in [0.2, 0.25) is 10.0 Å². The molecule has 6 heteroatoms. The van der Waals surface area contributed by atoms with Gasteiger partial charge in [-0.05, 0) is 46.3 Å². The number of nitrogens with two attached hydrogens (primary N) is 1. The molecule has 160 valence electrons. The van der Waals surface area contributed by atoms with Crippen molar-refractivity contribution in [2.45, 2.75) is 24.5 Å². The first kappa shape index (κ1) is 21.5. The fraction of sp³-hybridized carbons (Fsp3) is 0.200. The van der Waals surface area contributed by atoms with Gasteiger partial charge in [0.15, 0.2) is 0 Å². The Morgan fingerprint density at radius 1 is 0.903 bits per heavy atom. The highest BCUT2D eigenvalue weighted by atomic mass is 32.2. The summed E-state index contributed by atoms with van der Waals surface area (Å²) in [6.45, 7) is 2.68. The van der Waals surface area contributed by atoms with Crippen LogP contribution in [0.3, 0.4) is 0 Å². The van der Waals surface area contributed by atoms with Crippen molar-refractivity contribution in [2.24, 2.45) is 5.73 Å². The smallest absolute Gasteiger partial charge is 0.241 e. The van der Waals surface area contributed by atoms with E-state index in [-0.39, 0.29) is 18.0 Å². The zero-order valence-electron chi connectivity index (χ0n) is 17.4. The van der Waals surface area contributed by atoms with Gasteiger partial charge in [-0.15, -0.1) is 0 Å². The fourth-order valence-electron chi connectivity index (χ4n) is 3.74. The lowest BCUT2D eigenvalue weighted by Gasteiger charge is -2.18. The molecule has 0 aliphatic carbocycles. The number of nitrogens with one attached hydrogen (secondary N) is 1. The van der Waals surface area contributed by atoms with Crippen molar-refractivity contribution >= 4 is 31.6 Å². The minimum absolute atomic E-state index is 0.140. The summed E-state index contributed by atoms with van der Waals surface area (Å²) in [5, 5.41) is 3.93. The second kappa shape index (κ2) is 9.16. The Bertz CT molecular complexity index is 1320. The SMILES string of the molecule is Cc1ccc(S(=O)(=O)N[C@@H](CN)COCc2ccc3ccccc3c2)c2ccccc12. The third-order valence-corrected chi connectivity index (χ3v) is 6.98. The first-order valence-corrected chi connectivity index (χ1v) is 11.7. The molecule has 4 rings (SSSR count). The van der Waals surface area contributed by atoms with Crippen LogP contribution in [0.15, 0.2) is 83.8 Å². The molecule has 0 aliphatic heterocycles. The second-order valence-corrected chi connectivity index (χ2v) is 9.36. The number of rotatable bonds is 8. The van der Waals surface area contributed by atoms with Crippen LogP contribution in [-0.4, -0.2) is 27.6 Å². The van der Waals surface area contributed by atoms with Gasteiger partial charge in [0.1, 0.15) is 0 Å². The van der Waals surface area contributed by atoms with Crippen LogP contribution in [0.4, 0.5) is 0 Å². The van der Waals surface area contributed by atoms with Crippen LogP contribution in [0.1, 0.15) is 11.1 Å². The van der Waals surface area contributed by atoms with Crippen molar-refractivity contribution in [1.82, 2.24) is 4.72 Å². The number of ether oxygens (including phenoxy) is 1. The number of sulfonamides is 1. The first-order valence-electron chi connectivity index (χ1n) is 10.2. The first-order chi connectivity index (χ1) is 15.0. The van der Waals surface area contributed by atoms with E-state index in [2.05, 4.69) is 29.0 Å². The molecule has 5 nitrogen and oxygen atoms in total. The molecular formula is C25H26N2O3S. The topological polar surface area (TPSA) is 81.4 Å². The van der Waals surface area contributed by atoms with E-state index in [1.165, 1.54) is 5.39 Å². The van der Waals surface area contributed by atoms with E-state index in [0.29, 0.717) is 12.0 Å². The van der Waals surface area contributed by atoms with Gasteiger partial charge in [0.25, 0.3) is 0 Å². The van der Waals surface area contributed by atoms with Gasteiger partial charge in [-0.25, -0.2) is 13.1 Å². The summed E-state index contributed by atoms with van der Waals surface area (Å²) in [5.41, 5.74) is 7.90. The maximum absolute atomic E-state index is 13.1. The van der Waals surface area contributed by atoms with Crippen molar-refractivity contribution in [1.29, 1.82) is 0 Å². The van der Waals surface area contributed by atoms with E-state index in [0.717, 1.165) is 21.9 Å². The Morgan fingerprint density at radius 3 is 2.39 bits per heavy atom. The third kappa shape index (κ3) is 4.78. The van der Waals surface area contributed by atoms with Crippen LogP contribution in [0.2, 0.25) is 0 Å². The predicted octanol–water partition coefficient (Wildman–Crippen LogP) is 4.12. The van der Waals surface area contributed by atoms with E-state index in [1.807, 2.05) is 55.5 Å². The molecule has 0 spiro atoms. The number of hydrogen-bond acceptors (Lipinski definition) is 4. The standard InChI is InChI=1S/C25H26N2O3S/c1-18-10-13-25(24-9-5-4-8-23(18)24)31(28,29)27-22(15-26)17-30-16-19-11-12-20-6-2-3-7-21(20)14-19/h2-14,22,27H,15-17,26H2,1H3/t22-/m0/s1. The molecular weight excluding hydrogens is 408 g/mol. The normalized spacial score (nSPS) is 13.0. The van der Waals surface area contributed by atoms with Crippen LogP contribution < -0.4 is 10.5 Å². The molecule has 0 radical (unpaired) electrons. The van der Waals surface area contributed by atoms with Crippen LogP contribution in [0.25, 0.3) is 21.5 Å². The Kier molecular flexibility index (Phi) is 6.34. The highest BCUT2D eigenvalue weighted by Gasteiger charge is 2.22. The third-order valence-electron chi connectivity index (χ3n) is 5.40. The quantitative estimate of drug-likeness (QED) is 0.437.